The van der Waals surface area contributed by atoms with Crippen LogP contribution in [0.2, 0.25) is 0 Å². The van der Waals surface area contributed by atoms with Crippen LogP contribution >= 0.6 is 0 Å². The number of benzene rings is 1. The zero-order chi connectivity index (χ0) is 14.8. The van der Waals surface area contributed by atoms with Crippen molar-refractivity contribution in [1.29, 1.82) is 0 Å². The van der Waals surface area contributed by atoms with Crippen molar-refractivity contribution in [1.82, 2.24) is 25.2 Å². The fourth-order valence-electron chi connectivity index (χ4n) is 1.89. The molecule has 1 unspecified atom stereocenters. The lowest BCUT2D eigenvalue weighted by Gasteiger charge is -2.03. The molecule has 0 N–H and O–H groups in total. The maximum absolute atomic E-state index is 13.3. The summed E-state index contributed by atoms with van der Waals surface area (Å²) in [4.78, 5) is 0. The SMILES string of the molecule is CCC(C)c1nnc(-c2cnnn2-c2cccc(F)c2)o1. The van der Waals surface area contributed by atoms with E-state index >= 15 is 0 Å². The van der Waals surface area contributed by atoms with Crippen LogP contribution in [0.1, 0.15) is 32.1 Å². The van der Waals surface area contributed by atoms with Crippen LogP contribution < -0.4 is 0 Å². The Labute approximate surface area is 120 Å². The van der Waals surface area contributed by atoms with Gasteiger partial charge in [0.1, 0.15) is 5.82 Å². The molecule has 0 aliphatic carbocycles. The average molecular weight is 287 g/mol. The second-order valence-electron chi connectivity index (χ2n) is 4.77. The van der Waals surface area contributed by atoms with Crippen molar-refractivity contribution in [2.75, 3.05) is 0 Å². The maximum atomic E-state index is 13.3. The zero-order valence-corrected chi connectivity index (χ0v) is 11.7. The third kappa shape index (κ3) is 2.54. The molecule has 0 fully saturated rings. The van der Waals surface area contributed by atoms with Gasteiger partial charge in [-0.3, -0.25) is 0 Å². The van der Waals surface area contributed by atoms with Gasteiger partial charge in [-0.1, -0.05) is 25.1 Å². The first-order valence-electron chi connectivity index (χ1n) is 6.69. The van der Waals surface area contributed by atoms with E-state index < -0.39 is 0 Å². The van der Waals surface area contributed by atoms with Crippen molar-refractivity contribution in [3.8, 4) is 17.3 Å². The van der Waals surface area contributed by atoms with Gasteiger partial charge < -0.3 is 4.42 Å². The molecule has 0 bridgehead atoms. The van der Waals surface area contributed by atoms with E-state index in [9.17, 15) is 4.39 Å². The highest BCUT2D eigenvalue weighted by Gasteiger charge is 2.18. The monoisotopic (exact) mass is 287 g/mol. The fraction of sp³-hybridized carbons (Fsp3) is 0.286. The van der Waals surface area contributed by atoms with Gasteiger partial charge in [0, 0.05) is 5.92 Å². The van der Waals surface area contributed by atoms with Gasteiger partial charge in [0.05, 0.1) is 11.9 Å². The van der Waals surface area contributed by atoms with E-state index in [4.69, 9.17) is 4.42 Å². The summed E-state index contributed by atoms with van der Waals surface area (Å²) in [6, 6.07) is 6.07. The van der Waals surface area contributed by atoms with E-state index in [-0.39, 0.29) is 11.7 Å². The second kappa shape index (κ2) is 5.43. The third-order valence-corrected chi connectivity index (χ3v) is 3.30. The van der Waals surface area contributed by atoms with E-state index in [0.29, 0.717) is 23.2 Å². The summed E-state index contributed by atoms with van der Waals surface area (Å²) in [5, 5.41) is 15.9. The van der Waals surface area contributed by atoms with Gasteiger partial charge in [0.15, 0.2) is 5.69 Å². The zero-order valence-electron chi connectivity index (χ0n) is 11.7. The number of hydrogen-bond donors (Lipinski definition) is 0. The highest BCUT2D eigenvalue weighted by atomic mass is 19.1. The van der Waals surface area contributed by atoms with Crippen molar-refractivity contribution in [2.24, 2.45) is 0 Å². The second-order valence-corrected chi connectivity index (χ2v) is 4.77. The van der Waals surface area contributed by atoms with Crippen molar-refractivity contribution >= 4 is 0 Å². The molecule has 0 radical (unpaired) electrons. The van der Waals surface area contributed by atoms with E-state index in [1.807, 2.05) is 13.8 Å². The first-order chi connectivity index (χ1) is 10.2. The van der Waals surface area contributed by atoms with Gasteiger partial charge in [0.25, 0.3) is 5.89 Å². The van der Waals surface area contributed by atoms with Crippen LogP contribution in [0.3, 0.4) is 0 Å². The topological polar surface area (TPSA) is 69.6 Å². The van der Waals surface area contributed by atoms with E-state index in [1.54, 1.807) is 12.1 Å². The Morgan fingerprint density at radius 2 is 2.19 bits per heavy atom. The van der Waals surface area contributed by atoms with Crippen LogP contribution in [-0.4, -0.2) is 25.2 Å². The molecule has 1 aromatic carbocycles. The van der Waals surface area contributed by atoms with Crippen molar-refractivity contribution in [2.45, 2.75) is 26.2 Å². The van der Waals surface area contributed by atoms with Gasteiger partial charge in [-0.15, -0.1) is 15.3 Å². The standard InChI is InChI=1S/C14H14FN5O/c1-3-9(2)13-17-18-14(21-13)12-8-16-19-20(12)11-6-4-5-10(15)7-11/h4-9H,3H2,1-2H3. The lowest BCUT2D eigenvalue weighted by atomic mass is 10.1. The Morgan fingerprint density at radius 3 is 2.95 bits per heavy atom. The summed E-state index contributed by atoms with van der Waals surface area (Å²) in [7, 11) is 0. The molecular formula is C14H14FN5O. The Bertz CT molecular complexity index is 751. The molecule has 3 rings (SSSR count). The van der Waals surface area contributed by atoms with Crippen molar-refractivity contribution in [3.05, 3.63) is 42.2 Å². The highest BCUT2D eigenvalue weighted by Crippen LogP contribution is 2.24. The minimum atomic E-state index is -0.347. The molecule has 0 amide bonds. The molecule has 7 heteroatoms. The first-order valence-corrected chi connectivity index (χ1v) is 6.69. The van der Waals surface area contributed by atoms with Gasteiger partial charge >= 0.3 is 0 Å². The van der Waals surface area contributed by atoms with Crippen molar-refractivity contribution in [3.63, 3.8) is 0 Å². The normalized spacial score (nSPS) is 12.5. The van der Waals surface area contributed by atoms with Crippen LogP contribution in [0, 0.1) is 5.82 Å². The summed E-state index contributed by atoms with van der Waals surface area (Å²) in [5.41, 5.74) is 1.08. The molecule has 0 saturated carbocycles. The summed E-state index contributed by atoms with van der Waals surface area (Å²) >= 11 is 0. The van der Waals surface area contributed by atoms with Crippen LogP contribution in [-0.2, 0) is 0 Å². The van der Waals surface area contributed by atoms with Gasteiger partial charge in [0.2, 0.25) is 5.89 Å². The highest BCUT2D eigenvalue weighted by molar-refractivity contribution is 5.50. The van der Waals surface area contributed by atoms with E-state index in [0.717, 1.165) is 6.42 Å². The summed E-state index contributed by atoms with van der Waals surface area (Å²) in [5.74, 6) is 0.726. The number of halogens is 1. The quantitative estimate of drug-likeness (QED) is 0.737. The van der Waals surface area contributed by atoms with E-state index in [1.165, 1.54) is 23.0 Å². The molecule has 2 aromatic heterocycles. The number of aromatic nitrogens is 5. The third-order valence-electron chi connectivity index (χ3n) is 3.30. The molecule has 3 aromatic rings. The molecule has 0 aliphatic heterocycles. The molecule has 108 valence electrons. The molecular weight excluding hydrogens is 273 g/mol. The molecule has 1 atom stereocenters. The van der Waals surface area contributed by atoms with Crippen LogP contribution in [0.25, 0.3) is 17.3 Å². The molecule has 0 aliphatic rings. The Morgan fingerprint density at radius 1 is 1.33 bits per heavy atom. The first kappa shape index (κ1) is 13.4. The number of nitrogens with zero attached hydrogens (tertiary/aromatic N) is 5. The lowest BCUT2D eigenvalue weighted by Crippen LogP contribution is -1.99. The maximum Gasteiger partial charge on any atom is 0.268 e. The minimum Gasteiger partial charge on any atom is -0.419 e. The number of rotatable bonds is 4. The summed E-state index contributed by atoms with van der Waals surface area (Å²) in [6.45, 7) is 4.06. The van der Waals surface area contributed by atoms with Gasteiger partial charge in [-0.25, -0.2) is 9.07 Å². The number of hydrogen-bond acceptors (Lipinski definition) is 5. The Hall–Kier alpha value is -2.57. The van der Waals surface area contributed by atoms with Crippen molar-refractivity contribution < 1.29 is 8.81 Å². The van der Waals surface area contributed by atoms with E-state index in [2.05, 4.69) is 20.5 Å². The van der Waals surface area contributed by atoms with Crippen LogP contribution in [0.5, 0.6) is 0 Å². The molecule has 0 spiro atoms. The molecule has 21 heavy (non-hydrogen) atoms. The lowest BCUT2D eigenvalue weighted by molar-refractivity contribution is 0.460. The average Bonchev–Trinajstić information content (AvgIpc) is 3.15. The summed E-state index contributed by atoms with van der Waals surface area (Å²) < 4.78 is 20.5. The summed E-state index contributed by atoms with van der Waals surface area (Å²) in [6.07, 6.45) is 2.42. The largest absolute Gasteiger partial charge is 0.419 e. The molecule has 2 heterocycles. The predicted molar refractivity (Wildman–Crippen MR) is 73.3 cm³/mol. The van der Waals surface area contributed by atoms with Crippen LogP contribution in [0.4, 0.5) is 4.39 Å². The fourth-order valence-corrected chi connectivity index (χ4v) is 1.89. The van der Waals surface area contributed by atoms with Gasteiger partial charge in [-0.05, 0) is 24.6 Å². The minimum absolute atomic E-state index is 0.185. The van der Waals surface area contributed by atoms with Crippen LogP contribution in [0.15, 0.2) is 34.9 Å². The Kier molecular flexibility index (Phi) is 3.47. The molecule has 6 nitrogen and oxygen atoms in total. The Balaban J connectivity index is 2.01. The predicted octanol–water partition coefficient (Wildman–Crippen LogP) is 2.97. The van der Waals surface area contributed by atoms with Gasteiger partial charge in [-0.2, -0.15) is 0 Å². The smallest absolute Gasteiger partial charge is 0.268 e. The molecule has 0 saturated heterocycles.